The Balaban J connectivity index is 2.38. The maximum absolute atomic E-state index is 4.25. The summed E-state index contributed by atoms with van der Waals surface area (Å²) >= 11 is 3.53. The van der Waals surface area contributed by atoms with E-state index in [0.29, 0.717) is 0 Å². The molecule has 0 aliphatic heterocycles. The summed E-state index contributed by atoms with van der Waals surface area (Å²) in [7, 11) is 0. The molecule has 1 N–H and O–H groups in total. The van der Waals surface area contributed by atoms with E-state index in [1.807, 2.05) is 10.9 Å². The van der Waals surface area contributed by atoms with Crippen LogP contribution in [-0.2, 0) is 6.54 Å². The third-order valence-electron chi connectivity index (χ3n) is 3.09. The van der Waals surface area contributed by atoms with E-state index in [1.165, 1.54) is 11.1 Å². The normalized spacial score (nSPS) is 11.9. The van der Waals surface area contributed by atoms with Gasteiger partial charge in [0.2, 0.25) is 0 Å². The Hall–Kier alpha value is -1.20. The van der Waals surface area contributed by atoms with Crippen molar-refractivity contribution in [3.05, 3.63) is 39.6 Å². The average Bonchev–Trinajstić information content (AvgIpc) is 2.72. The minimum Gasteiger partial charge on any atom is -0.306 e. The third-order valence-corrected chi connectivity index (χ3v) is 3.55. The highest BCUT2D eigenvalue weighted by Crippen LogP contribution is 2.24. The lowest BCUT2D eigenvalue weighted by Crippen LogP contribution is -2.35. The van der Waals surface area contributed by atoms with Crippen LogP contribution in [0.25, 0.3) is 5.69 Å². The van der Waals surface area contributed by atoms with Gasteiger partial charge in [-0.05, 0) is 57.9 Å². The zero-order valence-corrected chi connectivity index (χ0v) is 14.2. The maximum atomic E-state index is 4.25. The SMILES string of the molecule is Cc1cc(Br)cc(C)c1-n1nncc1CNC(C)(C)C. The van der Waals surface area contributed by atoms with Crippen molar-refractivity contribution >= 4 is 15.9 Å². The van der Waals surface area contributed by atoms with Crippen molar-refractivity contribution in [1.29, 1.82) is 0 Å². The smallest absolute Gasteiger partial charge is 0.0784 e. The topological polar surface area (TPSA) is 42.7 Å². The van der Waals surface area contributed by atoms with Crippen molar-refractivity contribution in [3.63, 3.8) is 0 Å². The average molecular weight is 337 g/mol. The van der Waals surface area contributed by atoms with Crippen LogP contribution in [-0.4, -0.2) is 20.5 Å². The molecule has 1 heterocycles. The standard InChI is InChI=1S/C15H21BrN4/c1-10-6-12(16)7-11(2)14(10)20-13(9-18-19-20)8-17-15(3,4)5/h6-7,9,17H,8H2,1-5H3. The molecule has 5 heteroatoms. The number of aromatic nitrogens is 3. The molecular weight excluding hydrogens is 316 g/mol. The molecule has 0 saturated heterocycles. The predicted octanol–water partition coefficient (Wildman–Crippen LogP) is 3.53. The molecular formula is C15H21BrN4. The van der Waals surface area contributed by atoms with Crippen LogP contribution in [0.5, 0.6) is 0 Å². The second-order valence-corrected chi connectivity index (χ2v) is 7.04. The van der Waals surface area contributed by atoms with Gasteiger partial charge in [0.25, 0.3) is 0 Å². The lowest BCUT2D eigenvalue weighted by atomic mass is 10.1. The fourth-order valence-corrected chi connectivity index (χ4v) is 2.84. The van der Waals surface area contributed by atoms with Crippen molar-refractivity contribution < 1.29 is 0 Å². The summed E-state index contributed by atoms with van der Waals surface area (Å²) in [6.07, 6.45) is 1.82. The fourth-order valence-electron chi connectivity index (χ4n) is 2.16. The fraction of sp³-hybridized carbons (Fsp3) is 0.467. The first kappa shape index (κ1) is 15.2. The molecule has 0 bridgehead atoms. The van der Waals surface area contributed by atoms with E-state index in [1.54, 1.807) is 0 Å². The van der Waals surface area contributed by atoms with Gasteiger partial charge in [-0.2, -0.15) is 0 Å². The Bertz CT molecular complexity index is 588. The molecule has 0 atom stereocenters. The van der Waals surface area contributed by atoms with E-state index in [9.17, 15) is 0 Å². The van der Waals surface area contributed by atoms with Gasteiger partial charge >= 0.3 is 0 Å². The van der Waals surface area contributed by atoms with Crippen molar-refractivity contribution in [1.82, 2.24) is 20.3 Å². The van der Waals surface area contributed by atoms with E-state index in [4.69, 9.17) is 0 Å². The van der Waals surface area contributed by atoms with Gasteiger partial charge in [0.15, 0.2) is 0 Å². The maximum Gasteiger partial charge on any atom is 0.0784 e. The molecule has 0 unspecified atom stereocenters. The Morgan fingerprint density at radius 1 is 1.20 bits per heavy atom. The van der Waals surface area contributed by atoms with Crippen molar-refractivity contribution in [2.45, 2.75) is 46.7 Å². The van der Waals surface area contributed by atoms with Crippen molar-refractivity contribution in [2.75, 3.05) is 0 Å². The summed E-state index contributed by atoms with van der Waals surface area (Å²) < 4.78 is 3.02. The molecule has 108 valence electrons. The summed E-state index contributed by atoms with van der Waals surface area (Å²) in [4.78, 5) is 0. The van der Waals surface area contributed by atoms with Gasteiger partial charge in [0, 0.05) is 16.6 Å². The molecule has 2 aromatic rings. The van der Waals surface area contributed by atoms with E-state index in [0.717, 1.165) is 22.4 Å². The van der Waals surface area contributed by atoms with Crippen LogP contribution in [0.1, 0.15) is 37.6 Å². The van der Waals surface area contributed by atoms with Crippen LogP contribution in [0.15, 0.2) is 22.8 Å². The van der Waals surface area contributed by atoms with Gasteiger partial charge in [-0.3, -0.25) is 0 Å². The molecule has 0 aliphatic carbocycles. The second kappa shape index (κ2) is 5.66. The van der Waals surface area contributed by atoms with Gasteiger partial charge < -0.3 is 5.32 Å². The van der Waals surface area contributed by atoms with E-state index < -0.39 is 0 Å². The van der Waals surface area contributed by atoms with Gasteiger partial charge in [0.05, 0.1) is 17.6 Å². The predicted molar refractivity (Wildman–Crippen MR) is 85.1 cm³/mol. The summed E-state index contributed by atoms with van der Waals surface area (Å²) in [6, 6.07) is 4.20. The lowest BCUT2D eigenvalue weighted by molar-refractivity contribution is 0.418. The first-order valence-electron chi connectivity index (χ1n) is 6.69. The number of aryl methyl sites for hydroxylation is 2. The van der Waals surface area contributed by atoms with Gasteiger partial charge in [-0.15, -0.1) is 5.10 Å². The monoisotopic (exact) mass is 336 g/mol. The van der Waals surface area contributed by atoms with E-state index in [-0.39, 0.29) is 5.54 Å². The highest BCUT2D eigenvalue weighted by molar-refractivity contribution is 9.10. The van der Waals surface area contributed by atoms with Crippen molar-refractivity contribution in [2.24, 2.45) is 0 Å². The van der Waals surface area contributed by atoms with E-state index >= 15 is 0 Å². The number of benzene rings is 1. The minimum atomic E-state index is 0.0684. The Morgan fingerprint density at radius 2 is 1.80 bits per heavy atom. The summed E-state index contributed by atoms with van der Waals surface area (Å²) in [5, 5.41) is 11.8. The van der Waals surface area contributed by atoms with Crippen molar-refractivity contribution in [3.8, 4) is 5.69 Å². The molecule has 0 aliphatic rings. The molecule has 1 aromatic heterocycles. The number of halogens is 1. The summed E-state index contributed by atoms with van der Waals surface area (Å²) in [5.41, 5.74) is 4.60. The zero-order valence-electron chi connectivity index (χ0n) is 12.7. The molecule has 1 aromatic carbocycles. The molecule has 0 saturated carbocycles. The van der Waals surface area contributed by atoms with Gasteiger partial charge in [-0.25, -0.2) is 4.68 Å². The Morgan fingerprint density at radius 3 is 2.35 bits per heavy atom. The van der Waals surface area contributed by atoms with Gasteiger partial charge in [-0.1, -0.05) is 21.1 Å². The van der Waals surface area contributed by atoms with Crippen LogP contribution in [0.3, 0.4) is 0 Å². The molecule has 0 amide bonds. The molecule has 0 spiro atoms. The molecule has 20 heavy (non-hydrogen) atoms. The Kier molecular flexibility index (Phi) is 4.30. The lowest BCUT2D eigenvalue weighted by Gasteiger charge is -2.21. The number of rotatable bonds is 3. The molecule has 4 nitrogen and oxygen atoms in total. The van der Waals surface area contributed by atoms with Crippen LogP contribution >= 0.6 is 15.9 Å². The first-order valence-corrected chi connectivity index (χ1v) is 7.49. The van der Waals surface area contributed by atoms with Crippen LogP contribution in [0, 0.1) is 13.8 Å². The number of hydrogen-bond donors (Lipinski definition) is 1. The van der Waals surface area contributed by atoms with Crippen LogP contribution < -0.4 is 5.32 Å². The van der Waals surface area contributed by atoms with Gasteiger partial charge in [0.1, 0.15) is 0 Å². The van der Waals surface area contributed by atoms with Crippen LogP contribution in [0.4, 0.5) is 0 Å². The number of nitrogens with zero attached hydrogens (tertiary/aromatic N) is 3. The largest absolute Gasteiger partial charge is 0.306 e. The summed E-state index contributed by atoms with van der Waals surface area (Å²) in [6.45, 7) is 11.4. The highest BCUT2D eigenvalue weighted by atomic mass is 79.9. The Labute approximate surface area is 128 Å². The third kappa shape index (κ3) is 3.46. The zero-order chi connectivity index (χ0) is 14.9. The molecule has 0 radical (unpaired) electrons. The summed E-state index contributed by atoms with van der Waals surface area (Å²) in [5.74, 6) is 0. The second-order valence-electron chi connectivity index (χ2n) is 6.13. The molecule has 0 fully saturated rings. The number of hydrogen-bond acceptors (Lipinski definition) is 3. The molecule has 2 rings (SSSR count). The minimum absolute atomic E-state index is 0.0684. The highest BCUT2D eigenvalue weighted by Gasteiger charge is 2.15. The number of nitrogens with one attached hydrogen (secondary N) is 1. The first-order chi connectivity index (χ1) is 9.28. The van der Waals surface area contributed by atoms with Crippen LogP contribution in [0.2, 0.25) is 0 Å². The van der Waals surface area contributed by atoms with E-state index in [2.05, 4.69) is 78.3 Å². The quantitative estimate of drug-likeness (QED) is 0.932.